The lowest BCUT2D eigenvalue weighted by Crippen LogP contribution is -2.30. The molecule has 0 radical (unpaired) electrons. The van der Waals surface area contributed by atoms with Crippen LogP contribution in [0.4, 0.5) is 0 Å². The molecule has 0 saturated carbocycles. The zero-order valence-electron chi connectivity index (χ0n) is 20.3. The summed E-state index contributed by atoms with van der Waals surface area (Å²) in [5.41, 5.74) is 5.48. The molecule has 0 N–H and O–H groups in total. The van der Waals surface area contributed by atoms with Crippen molar-refractivity contribution in [3.8, 4) is 22.4 Å². The predicted molar refractivity (Wildman–Crippen MR) is 102 cm³/mol. The zero-order chi connectivity index (χ0) is 22.3. The van der Waals surface area contributed by atoms with Crippen LogP contribution in [0.1, 0.15) is 33.1 Å². The summed E-state index contributed by atoms with van der Waals surface area (Å²) in [6.07, 6.45) is -0.307. The summed E-state index contributed by atoms with van der Waals surface area (Å²) in [4.78, 5) is 0. The maximum atomic E-state index is 8.29. The molecule has 0 aliphatic rings. The monoisotopic (exact) mass is 322 g/mol. The molecule has 1 atom stereocenters. The van der Waals surface area contributed by atoms with Crippen molar-refractivity contribution in [3.05, 3.63) is 78.0 Å². The minimum Gasteiger partial charge on any atom is -0.200 e. The summed E-state index contributed by atoms with van der Waals surface area (Å²) in [7, 11) is 1.99. The highest BCUT2D eigenvalue weighted by Gasteiger charge is 2.13. The third-order valence-electron chi connectivity index (χ3n) is 4.10. The van der Waals surface area contributed by atoms with Crippen molar-refractivity contribution in [3.63, 3.8) is 0 Å². The van der Waals surface area contributed by atoms with Crippen molar-refractivity contribution >= 4 is 0 Å². The molecule has 1 heterocycles. The van der Waals surface area contributed by atoms with Gasteiger partial charge in [-0.1, -0.05) is 56.2 Å². The predicted octanol–water partition coefficient (Wildman–Crippen LogP) is 5.35. The van der Waals surface area contributed by atoms with Crippen LogP contribution >= 0.6 is 0 Å². The topological polar surface area (TPSA) is 3.88 Å². The molecule has 0 fully saturated rings. The van der Waals surface area contributed by atoms with E-state index in [9.17, 15) is 0 Å². The smallest absolute Gasteiger partial charge is 0.200 e. The number of hydrogen-bond acceptors (Lipinski definition) is 0. The van der Waals surface area contributed by atoms with Crippen LogP contribution in [-0.4, -0.2) is 0 Å². The SMILES string of the molecule is [2H]C([2H])([2H])C([2H])(C)C([2H])([2H])c1ccc(-c2ccc(-c3ccccc3C)[n+](C)c2)cc1. The van der Waals surface area contributed by atoms with Gasteiger partial charge in [0.15, 0.2) is 6.20 Å². The maximum absolute atomic E-state index is 8.29. The third-order valence-corrected chi connectivity index (χ3v) is 4.10. The number of rotatable bonds is 4. The van der Waals surface area contributed by atoms with Gasteiger partial charge in [-0.15, -0.1) is 0 Å². The van der Waals surface area contributed by atoms with Crippen molar-refractivity contribution < 1.29 is 12.8 Å². The Labute approximate surface area is 154 Å². The summed E-state index contributed by atoms with van der Waals surface area (Å²) in [6, 6.07) is 19.0. The first kappa shape index (κ1) is 10.5. The second kappa shape index (κ2) is 7.00. The van der Waals surface area contributed by atoms with Gasteiger partial charge in [0.2, 0.25) is 5.69 Å². The molecule has 3 rings (SSSR count). The highest BCUT2D eigenvalue weighted by molar-refractivity contribution is 5.66. The number of hydrogen-bond donors (Lipinski definition) is 0. The van der Waals surface area contributed by atoms with Crippen LogP contribution in [0.3, 0.4) is 0 Å². The Morgan fingerprint density at radius 3 is 2.42 bits per heavy atom. The fourth-order valence-electron chi connectivity index (χ4n) is 2.88. The van der Waals surface area contributed by atoms with E-state index in [4.69, 9.17) is 8.22 Å². The van der Waals surface area contributed by atoms with Crippen molar-refractivity contribution in [2.24, 2.45) is 12.9 Å². The van der Waals surface area contributed by atoms with Crippen LogP contribution in [0.25, 0.3) is 22.4 Å². The summed E-state index contributed by atoms with van der Waals surface area (Å²) >= 11 is 0. The molecule has 0 amide bonds. The van der Waals surface area contributed by atoms with Gasteiger partial charge >= 0.3 is 0 Å². The molecule has 0 bridgehead atoms. The van der Waals surface area contributed by atoms with E-state index in [1.807, 2.05) is 31.4 Å². The zero-order valence-corrected chi connectivity index (χ0v) is 14.3. The minimum absolute atomic E-state index is 0.181. The lowest BCUT2D eigenvalue weighted by atomic mass is 9.99. The quantitative estimate of drug-likeness (QED) is 0.570. The fourth-order valence-corrected chi connectivity index (χ4v) is 2.88. The van der Waals surface area contributed by atoms with Crippen LogP contribution in [0, 0.1) is 12.8 Å². The van der Waals surface area contributed by atoms with Gasteiger partial charge in [0.05, 0.1) is 0 Å². The van der Waals surface area contributed by atoms with E-state index < -0.39 is 19.1 Å². The Hall–Kier alpha value is -2.41. The van der Waals surface area contributed by atoms with Crippen LogP contribution in [0.5, 0.6) is 0 Å². The van der Waals surface area contributed by atoms with Crippen molar-refractivity contribution in [2.45, 2.75) is 27.1 Å². The third kappa shape index (κ3) is 3.56. The van der Waals surface area contributed by atoms with Crippen LogP contribution in [0.15, 0.2) is 66.9 Å². The first-order valence-corrected chi connectivity index (χ1v) is 8.03. The summed E-state index contributed by atoms with van der Waals surface area (Å²) in [6.45, 7) is 0.460. The second-order valence-corrected chi connectivity index (χ2v) is 6.06. The number of pyridine rings is 1. The highest BCUT2D eigenvalue weighted by Crippen LogP contribution is 2.24. The standard InChI is InChI=1S/C23H26N/c1-17(2)15-19-9-11-20(12-10-19)21-13-14-23(24(4)16-21)22-8-6-5-7-18(22)3/h5-14,16-17H,15H2,1-4H3/q+1/i1D3,15D2,17D. The van der Waals surface area contributed by atoms with Gasteiger partial charge in [-0.05, 0) is 48.0 Å². The molecule has 2 aromatic carbocycles. The van der Waals surface area contributed by atoms with Gasteiger partial charge < -0.3 is 0 Å². The van der Waals surface area contributed by atoms with Gasteiger partial charge in [-0.2, -0.15) is 0 Å². The van der Waals surface area contributed by atoms with E-state index in [0.717, 1.165) is 29.3 Å². The van der Waals surface area contributed by atoms with E-state index in [-0.39, 0.29) is 5.56 Å². The van der Waals surface area contributed by atoms with Crippen LogP contribution in [0.2, 0.25) is 0 Å². The Bertz CT molecular complexity index is 1050. The van der Waals surface area contributed by atoms with Gasteiger partial charge in [0.1, 0.15) is 7.05 Å². The van der Waals surface area contributed by atoms with E-state index in [2.05, 4.69) is 29.7 Å². The van der Waals surface area contributed by atoms with Gasteiger partial charge in [0.25, 0.3) is 0 Å². The number of nitrogens with zero attached hydrogens (tertiary/aromatic N) is 1. The molecule has 3 aromatic rings. The van der Waals surface area contributed by atoms with Crippen molar-refractivity contribution in [1.82, 2.24) is 0 Å². The lowest BCUT2D eigenvalue weighted by Gasteiger charge is -2.08. The fraction of sp³-hybridized carbons (Fsp3) is 0.261. The lowest BCUT2D eigenvalue weighted by molar-refractivity contribution is -0.659. The summed E-state index contributed by atoms with van der Waals surface area (Å²) in [5.74, 6) is -2.26. The molecule has 0 spiro atoms. The Kier molecular flexibility index (Phi) is 3.05. The maximum Gasteiger partial charge on any atom is 0.212 e. The van der Waals surface area contributed by atoms with Gasteiger partial charge in [0, 0.05) is 25.4 Å². The molecule has 1 aromatic heterocycles. The largest absolute Gasteiger partial charge is 0.212 e. The average Bonchev–Trinajstić information content (AvgIpc) is 2.68. The van der Waals surface area contributed by atoms with E-state index in [0.29, 0.717) is 0 Å². The minimum atomic E-state index is -2.74. The first-order chi connectivity index (χ1) is 13.9. The average molecular weight is 323 g/mol. The molecule has 1 nitrogen and oxygen atoms in total. The molecule has 0 aliphatic heterocycles. The Morgan fingerprint density at radius 2 is 1.75 bits per heavy atom. The van der Waals surface area contributed by atoms with Crippen LogP contribution in [-0.2, 0) is 13.4 Å². The molecule has 1 unspecified atom stereocenters. The molecular formula is C23H26N+. The summed E-state index contributed by atoms with van der Waals surface area (Å²) < 4.78 is 49.4. The molecule has 0 aliphatic carbocycles. The number of benzene rings is 2. The van der Waals surface area contributed by atoms with E-state index >= 15 is 0 Å². The summed E-state index contributed by atoms with van der Waals surface area (Å²) in [5, 5.41) is 0. The normalized spacial score (nSPS) is 18.3. The Balaban J connectivity index is 1.94. The Morgan fingerprint density at radius 1 is 1.04 bits per heavy atom. The first-order valence-electron chi connectivity index (χ1n) is 11.0. The second-order valence-electron chi connectivity index (χ2n) is 6.06. The number of aryl methyl sites for hydroxylation is 2. The molecule has 24 heavy (non-hydrogen) atoms. The molecule has 0 saturated heterocycles. The van der Waals surface area contributed by atoms with Gasteiger partial charge in [-0.25, -0.2) is 4.57 Å². The van der Waals surface area contributed by atoms with Gasteiger partial charge in [-0.3, -0.25) is 0 Å². The molecular weight excluding hydrogens is 290 g/mol. The van der Waals surface area contributed by atoms with Crippen LogP contribution < -0.4 is 4.57 Å². The highest BCUT2D eigenvalue weighted by atomic mass is 14.9. The van der Waals surface area contributed by atoms with Crippen molar-refractivity contribution in [2.75, 3.05) is 0 Å². The molecule has 122 valence electrons. The van der Waals surface area contributed by atoms with Crippen molar-refractivity contribution in [1.29, 1.82) is 0 Å². The van der Waals surface area contributed by atoms with E-state index in [1.165, 1.54) is 5.56 Å². The molecule has 1 heteroatoms. The van der Waals surface area contributed by atoms with E-state index in [1.54, 1.807) is 24.3 Å². The number of aromatic nitrogens is 1.